The molecule has 0 aromatic heterocycles. The van der Waals surface area contributed by atoms with Gasteiger partial charge in [0.05, 0.1) is 26.4 Å². The second-order valence-corrected chi connectivity index (χ2v) is 7.04. The van der Waals surface area contributed by atoms with Crippen LogP contribution < -0.4 is 19.9 Å². The van der Waals surface area contributed by atoms with Gasteiger partial charge >= 0.3 is 0 Å². The molecule has 8 heteroatoms. The van der Waals surface area contributed by atoms with E-state index in [2.05, 4.69) is 5.32 Å². The summed E-state index contributed by atoms with van der Waals surface area (Å²) in [5.74, 6) is 0.608. The van der Waals surface area contributed by atoms with Crippen LogP contribution in [0.4, 0.5) is 5.69 Å². The zero-order valence-electron chi connectivity index (χ0n) is 14.0. The number of primary sulfonamides is 1. The van der Waals surface area contributed by atoms with Gasteiger partial charge in [0.1, 0.15) is 0 Å². The molecule has 0 atom stereocenters. The van der Waals surface area contributed by atoms with Crippen molar-refractivity contribution in [2.45, 2.75) is 12.2 Å². The second kappa shape index (κ2) is 8.00. The van der Waals surface area contributed by atoms with Gasteiger partial charge in [0.25, 0.3) is 0 Å². The van der Waals surface area contributed by atoms with Crippen molar-refractivity contribution in [1.29, 1.82) is 0 Å². The Morgan fingerprint density at radius 1 is 1.04 bits per heavy atom. The third-order valence-corrected chi connectivity index (χ3v) is 4.13. The Balaban J connectivity index is 2.06. The van der Waals surface area contributed by atoms with Crippen LogP contribution in [0.2, 0.25) is 0 Å². The number of nitrogens with two attached hydrogens (primary N) is 1. The number of benzene rings is 2. The minimum Gasteiger partial charge on any atom is -0.493 e. The molecule has 0 aliphatic heterocycles. The van der Waals surface area contributed by atoms with E-state index in [-0.39, 0.29) is 18.1 Å². The summed E-state index contributed by atoms with van der Waals surface area (Å²) in [6, 6.07) is 11.8. The molecule has 0 heterocycles. The number of nitrogens with one attached hydrogen (secondary N) is 1. The summed E-state index contributed by atoms with van der Waals surface area (Å²) >= 11 is 0. The van der Waals surface area contributed by atoms with Crippen molar-refractivity contribution in [3.63, 3.8) is 0 Å². The highest BCUT2D eigenvalue weighted by atomic mass is 32.2. The SMILES string of the molecule is COc1ccc(CC(=O)Nc2cccc(CS(N)(=O)=O)c2)cc1OC. The van der Waals surface area contributed by atoms with E-state index >= 15 is 0 Å². The summed E-state index contributed by atoms with van der Waals surface area (Å²) in [7, 11) is -0.557. The third kappa shape index (κ3) is 5.77. The van der Waals surface area contributed by atoms with Crippen molar-refractivity contribution in [3.8, 4) is 11.5 Å². The normalized spacial score (nSPS) is 11.0. The zero-order valence-corrected chi connectivity index (χ0v) is 14.8. The monoisotopic (exact) mass is 364 g/mol. The first-order chi connectivity index (χ1) is 11.8. The predicted molar refractivity (Wildman–Crippen MR) is 95.1 cm³/mol. The van der Waals surface area contributed by atoms with Crippen molar-refractivity contribution in [1.82, 2.24) is 0 Å². The number of ether oxygens (including phenoxy) is 2. The van der Waals surface area contributed by atoms with E-state index in [4.69, 9.17) is 14.6 Å². The van der Waals surface area contributed by atoms with E-state index in [0.29, 0.717) is 22.7 Å². The van der Waals surface area contributed by atoms with E-state index in [9.17, 15) is 13.2 Å². The van der Waals surface area contributed by atoms with Crippen molar-refractivity contribution < 1.29 is 22.7 Å². The maximum absolute atomic E-state index is 12.2. The van der Waals surface area contributed by atoms with Gasteiger partial charge in [-0.2, -0.15) is 0 Å². The van der Waals surface area contributed by atoms with Crippen molar-refractivity contribution in [2.24, 2.45) is 5.14 Å². The Morgan fingerprint density at radius 3 is 2.40 bits per heavy atom. The van der Waals surface area contributed by atoms with Gasteiger partial charge in [-0.25, -0.2) is 13.6 Å². The van der Waals surface area contributed by atoms with E-state index in [1.165, 1.54) is 7.11 Å². The molecule has 2 aromatic carbocycles. The van der Waals surface area contributed by atoms with Crippen LogP contribution in [0, 0.1) is 0 Å². The molecule has 0 saturated heterocycles. The third-order valence-electron chi connectivity index (χ3n) is 3.39. The molecular formula is C17H20N2O5S. The number of sulfonamides is 1. The van der Waals surface area contributed by atoms with E-state index in [1.807, 2.05) is 0 Å². The lowest BCUT2D eigenvalue weighted by Gasteiger charge is -2.10. The minimum atomic E-state index is -3.62. The van der Waals surface area contributed by atoms with E-state index < -0.39 is 10.0 Å². The molecule has 0 radical (unpaired) electrons. The molecule has 3 N–H and O–H groups in total. The molecule has 0 unspecified atom stereocenters. The van der Waals surface area contributed by atoms with Gasteiger partial charge in [-0.05, 0) is 35.4 Å². The predicted octanol–water partition coefficient (Wildman–Crippen LogP) is 1.67. The molecular weight excluding hydrogens is 344 g/mol. The Morgan fingerprint density at radius 2 is 1.76 bits per heavy atom. The largest absolute Gasteiger partial charge is 0.493 e. The second-order valence-electron chi connectivity index (χ2n) is 5.42. The fourth-order valence-corrected chi connectivity index (χ4v) is 3.00. The number of hydrogen-bond donors (Lipinski definition) is 2. The van der Waals surface area contributed by atoms with Crippen LogP contribution in [0.25, 0.3) is 0 Å². The summed E-state index contributed by atoms with van der Waals surface area (Å²) in [4.78, 5) is 12.2. The van der Waals surface area contributed by atoms with Crippen molar-refractivity contribution in [3.05, 3.63) is 53.6 Å². The average Bonchev–Trinajstić information content (AvgIpc) is 2.53. The van der Waals surface area contributed by atoms with Crippen LogP contribution in [0.5, 0.6) is 11.5 Å². The summed E-state index contributed by atoms with van der Waals surface area (Å²) in [6.45, 7) is 0. The van der Waals surface area contributed by atoms with Gasteiger partial charge in [-0.15, -0.1) is 0 Å². The van der Waals surface area contributed by atoms with Crippen LogP contribution in [0.3, 0.4) is 0 Å². The Bertz CT molecular complexity index is 865. The first-order valence-electron chi connectivity index (χ1n) is 7.41. The molecule has 2 aromatic rings. The number of anilines is 1. The molecule has 25 heavy (non-hydrogen) atoms. The van der Waals surface area contributed by atoms with Gasteiger partial charge in [0.15, 0.2) is 11.5 Å². The highest BCUT2D eigenvalue weighted by Crippen LogP contribution is 2.27. The van der Waals surface area contributed by atoms with Crippen molar-refractivity contribution >= 4 is 21.6 Å². The molecule has 2 rings (SSSR count). The zero-order chi connectivity index (χ0) is 18.4. The number of methoxy groups -OCH3 is 2. The summed E-state index contributed by atoms with van der Waals surface area (Å²) in [6.07, 6.45) is 0.139. The average molecular weight is 364 g/mol. The molecule has 0 aliphatic rings. The van der Waals surface area contributed by atoms with Crippen LogP contribution in [0.15, 0.2) is 42.5 Å². The lowest BCUT2D eigenvalue weighted by molar-refractivity contribution is -0.115. The number of carbonyl (C=O) groups excluding carboxylic acids is 1. The molecule has 0 aliphatic carbocycles. The highest BCUT2D eigenvalue weighted by molar-refractivity contribution is 7.88. The number of hydrogen-bond acceptors (Lipinski definition) is 5. The van der Waals surface area contributed by atoms with Gasteiger partial charge in [0, 0.05) is 5.69 Å². The van der Waals surface area contributed by atoms with Gasteiger partial charge < -0.3 is 14.8 Å². The van der Waals surface area contributed by atoms with Gasteiger partial charge in [-0.3, -0.25) is 4.79 Å². The number of rotatable bonds is 7. The maximum Gasteiger partial charge on any atom is 0.228 e. The number of amides is 1. The van der Waals surface area contributed by atoms with Crippen LogP contribution in [0.1, 0.15) is 11.1 Å². The number of carbonyl (C=O) groups is 1. The lowest BCUT2D eigenvalue weighted by atomic mass is 10.1. The lowest BCUT2D eigenvalue weighted by Crippen LogP contribution is -2.16. The Labute approximate surface area is 146 Å². The Hall–Kier alpha value is -2.58. The van der Waals surface area contributed by atoms with Crippen LogP contribution in [-0.2, 0) is 27.0 Å². The van der Waals surface area contributed by atoms with Gasteiger partial charge in [-0.1, -0.05) is 18.2 Å². The molecule has 134 valence electrons. The van der Waals surface area contributed by atoms with E-state index in [1.54, 1.807) is 49.6 Å². The quantitative estimate of drug-likeness (QED) is 0.777. The molecule has 1 amide bonds. The molecule has 0 bridgehead atoms. The van der Waals surface area contributed by atoms with E-state index in [0.717, 1.165) is 5.56 Å². The van der Waals surface area contributed by atoms with Crippen LogP contribution in [-0.4, -0.2) is 28.5 Å². The fourth-order valence-electron chi connectivity index (χ4n) is 2.35. The fraction of sp³-hybridized carbons (Fsp3) is 0.235. The summed E-state index contributed by atoms with van der Waals surface area (Å²) < 4.78 is 32.7. The summed E-state index contributed by atoms with van der Waals surface area (Å²) in [5.41, 5.74) is 1.77. The topological polar surface area (TPSA) is 108 Å². The summed E-state index contributed by atoms with van der Waals surface area (Å²) in [5, 5.41) is 7.77. The first-order valence-corrected chi connectivity index (χ1v) is 9.12. The van der Waals surface area contributed by atoms with Crippen LogP contribution >= 0.6 is 0 Å². The van der Waals surface area contributed by atoms with Crippen molar-refractivity contribution in [2.75, 3.05) is 19.5 Å². The molecule has 0 saturated carbocycles. The van der Waals surface area contributed by atoms with Gasteiger partial charge in [0.2, 0.25) is 15.9 Å². The molecule has 0 spiro atoms. The highest BCUT2D eigenvalue weighted by Gasteiger charge is 2.10. The first kappa shape index (κ1) is 18.8. The maximum atomic E-state index is 12.2. The molecule has 7 nitrogen and oxygen atoms in total. The minimum absolute atomic E-state index is 0.139. The standard InChI is InChI=1S/C17H20N2O5S/c1-23-15-7-6-12(9-16(15)24-2)10-17(20)19-14-5-3-4-13(8-14)11-25(18,21)22/h3-9H,10-11H2,1-2H3,(H,19,20)(H2,18,21,22). The molecule has 0 fully saturated rings. The Kier molecular flexibility index (Phi) is 6.00. The smallest absolute Gasteiger partial charge is 0.228 e.